The van der Waals surface area contributed by atoms with Crippen LogP contribution in [0.15, 0.2) is 27.5 Å². The molecule has 0 aliphatic heterocycles. The molecular weight excluding hydrogens is 168 g/mol. The van der Waals surface area contributed by atoms with Gasteiger partial charge < -0.3 is 14.7 Å². The third-order valence-electron chi connectivity index (χ3n) is 1.97. The lowest BCUT2D eigenvalue weighted by molar-refractivity contribution is 0.438. The topological polar surface area (TPSA) is 65.2 Å². The second-order valence-electron chi connectivity index (χ2n) is 2.74. The Bertz CT molecular complexity index is 390. The van der Waals surface area contributed by atoms with E-state index in [2.05, 4.69) is 5.16 Å². The Labute approximate surface area is 75.3 Å². The van der Waals surface area contributed by atoms with Gasteiger partial charge in [-0.25, -0.2) is 0 Å². The summed E-state index contributed by atoms with van der Waals surface area (Å²) >= 11 is 0. The van der Waals surface area contributed by atoms with E-state index < -0.39 is 0 Å². The minimum atomic E-state index is 0.388. The molecule has 0 saturated heterocycles. The lowest BCUT2D eigenvalue weighted by Crippen LogP contribution is -1.88. The molecule has 2 aromatic heterocycles. The van der Waals surface area contributed by atoms with Gasteiger partial charge in [0, 0.05) is 11.1 Å². The van der Waals surface area contributed by atoms with E-state index in [1.807, 2.05) is 13.0 Å². The van der Waals surface area contributed by atoms with Gasteiger partial charge in [0.1, 0.15) is 5.69 Å². The van der Waals surface area contributed by atoms with Crippen molar-refractivity contribution in [1.82, 2.24) is 5.16 Å². The van der Waals surface area contributed by atoms with Crippen molar-refractivity contribution in [3.8, 4) is 11.3 Å². The number of nitrogens with two attached hydrogens (primary N) is 1. The molecule has 13 heavy (non-hydrogen) atoms. The summed E-state index contributed by atoms with van der Waals surface area (Å²) in [6, 6.07) is 1.83. The van der Waals surface area contributed by atoms with Gasteiger partial charge in [0.2, 0.25) is 5.88 Å². The van der Waals surface area contributed by atoms with Gasteiger partial charge in [-0.15, -0.1) is 0 Å². The first-order valence-corrected chi connectivity index (χ1v) is 4.09. The number of furan rings is 1. The number of nitrogen functional groups attached to an aromatic ring is 1. The molecule has 0 aliphatic rings. The molecule has 2 rings (SSSR count). The summed E-state index contributed by atoms with van der Waals surface area (Å²) in [5.41, 5.74) is 8.20. The highest BCUT2D eigenvalue weighted by Crippen LogP contribution is 2.27. The molecule has 2 heterocycles. The molecule has 2 N–H and O–H groups in total. The Hall–Kier alpha value is -1.71. The molecule has 0 fully saturated rings. The highest BCUT2D eigenvalue weighted by molar-refractivity contribution is 5.65. The van der Waals surface area contributed by atoms with Crippen LogP contribution < -0.4 is 5.73 Å². The number of rotatable bonds is 2. The second-order valence-corrected chi connectivity index (χ2v) is 2.74. The molecule has 68 valence electrons. The molecule has 0 atom stereocenters. The predicted octanol–water partition coefficient (Wildman–Crippen LogP) is 2.08. The number of anilines is 1. The fourth-order valence-corrected chi connectivity index (χ4v) is 1.29. The monoisotopic (exact) mass is 178 g/mol. The van der Waals surface area contributed by atoms with E-state index in [1.54, 1.807) is 12.5 Å². The fraction of sp³-hybridized carbons (Fsp3) is 0.222. The smallest absolute Gasteiger partial charge is 0.225 e. The van der Waals surface area contributed by atoms with Gasteiger partial charge >= 0.3 is 0 Å². The van der Waals surface area contributed by atoms with Crippen molar-refractivity contribution in [1.29, 1.82) is 0 Å². The zero-order valence-corrected chi connectivity index (χ0v) is 7.28. The SMILES string of the molecule is CCc1c(-c2ccoc2)noc1N. The summed E-state index contributed by atoms with van der Waals surface area (Å²) in [6.45, 7) is 2.01. The minimum absolute atomic E-state index is 0.388. The van der Waals surface area contributed by atoms with E-state index in [1.165, 1.54) is 0 Å². The van der Waals surface area contributed by atoms with Gasteiger partial charge in [-0.1, -0.05) is 12.1 Å². The van der Waals surface area contributed by atoms with Crippen LogP contribution in [0.1, 0.15) is 12.5 Å². The largest absolute Gasteiger partial charge is 0.472 e. The average molecular weight is 178 g/mol. The summed E-state index contributed by atoms with van der Waals surface area (Å²) < 4.78 is 9.85. The maximum Gasteiger partial charge on any atom is 0.225 e. The van der Waals surface area contributed by atoms with E-state index in [0.717, 1.165) is 23.2 Å². The molecule has 4 nitrogen and oxygen atoms in total. The van der Waals surface area contributed by atoms with Crippen LogP contribution in [-0.2, 0) is 6.42 Å². The van der Waals surface area contributed by atoms with Gasteiger partial charge in [0.05, 0.1) is 12.5 Å². The van der Waals surface area contributed by atoms with Crippen LogP contribution in [0, 0.1) is 0 Å². The summed E-state index contributed by atoms with van der Waals surface area (Å²) in [5, 5.41) is 3.87. The van der Waals surface area contributed by atoms with E-state index in [-0.39, 0.29) is 0 Å². The van der Waals surface area contributed by atoms with Gasteiger partial charge in [-0.2, -0.15) is 0 Å². The fourth-order valence-electron chi connectivity index (χ4n) is 1.29. The quantitative estimate of drug-likeness (QED) is 0.764. The molecule has 0 amide bonds. The molecule has 0 unspecified atom stereocenters. The van der Waals surface area contributed by atoms with Crippen LogP contribution in [0.5, 0.6) is 0 Å². The van der Waals surface area contributed by atoms with Crippen molar-refractivity contribution in [2.45, 2.75) is 13.3 Å². The van der Waals surface area contributed by atoms with Crippen molar-refractivity contribution in [3.05, 3.63) is 24.2 Å². The van der Waals surface area contributed by atoms with Gasteiger partial charge in [0.25, 0.3) is 0 Å². The van der Waals surface area contributed by atoms with Crippen molar-refractivity contribution in [2.24, 2.45) is 0 Å². The summed E-state index contributed by atoms with van der Waals surface area (Å²) in [7, 11) is 0. The van der Waals surface area contributed by atoms with E-state index in [9.17, 15) is 0 Å². The average Bonchev–Trinajstić information content (AvgIpc) is 2.71. The zero-order chi connectivity index (χ0) is 9.26. The van der Waals surface area contributed by atoms with Crippen molar-refractivity contribution in [3.63, 3.8) is 0 Å². The number of aromatic nitrogens is 1. The Kier molecular flexibility index (Phi) is 1.81. The van der Waals surface area contributed by atoms with Crippen LogP contribution in [0.25, 0.3) is 11.3 Å². The third-order valence-corrected chi connectivity index (χ3v) is 1.97. The van der Waals surface area contributed by atoms with E-state index in [4.69, 9.17) is 14.7 Å². The van der Waals surface area contributed by atoms with Crippen LogP contribution in [0.4, 0.5) is 5.88 Å². The maximum atomic E-state index is 5.60. The summed E-state index contributed by atoms with van der Waals surface area (Å²) in [5.74, 6) is 0.388. The number of nitrogens with zero attached hydrogens (tertiary/aromatic N) is 1. The van der Waals surface area contributed by atoms with Gasteiger partial charge in [0.15, 0.2) is 0 Å². The first-order valence-electron chi connectivity index (χ1n) is 4.09. The number of hydrogen-bond acceptors (Lipinski definition) is 4. The lowest BCUT2D eigenvalue weighted by Gasteiger charge is -1.93. The molecule has 2 aromatic rings. The van der Waals surface area contributed by atoms with E-state index >= 15 is 0 Å². The third kappa shape index (κ3) is 1.20. The first-order chi connectivity index (χ1) is 6.33. The Morgan fingerprint density at radius 2 is 2.38 bits per heavy atom. The summed E-state index contributed by atoms with van der Waals surface area (Å²) in [4.78, 5) is 0. The molecule has 4 heteroatoms. The second kappa shape index (κ2) is 2.97. The van der Waals surface area contributed by atoms with Gasteiger partial charge in [-0.05, 0) is 12.5 Å². The Morgan fingerprint density at radius 3 is 3.00 bits per heavy atom. The van der Waals surface area contributed by atoms with Crippen LogP contribution in [0.2, 0.25) is 0 Å². The molecule has 0 aromatic carbocycles. The molecule has 0 spiro atoms. The maximum absolute atomic E-state index is 5.60. The molecule has 0 aliphatic carbocycles. The van der Waals surface area contributed by atoms with Gasteiger partial charge in [-0.3, -0.25) is 0 Å². The Morgan fingerprint density at radius 1 is 1.54 bits per heavy atom. The molecule has 0 saturated carbocycles. The van der Waals surface area contributed by atoms with Crippen molar-refractivity contribution in [2.75, 3.05) is 5.73 Å². The minimum Gasteiger partial charge on any atom is -0.472 e. The summed E-state index contributed by atoms with van der Waals surface area (Å²) in [6.07, 6.45) is 4.02. The van der Waals surface area contributed by atoms with E-state index in [0.29, 0.717) is 5.88 Å². The highest BCUT2D eigenvalue weighted by atomic mass is 16.5. The van der Waals surface area contributed by atoms with Crippen LogP contribution >= 0.6 is 0 Å². The molecule has 0 radical (unpaired) electrons. The van der Waals surface area contributed by atoms with Crippen LogP contribution in [-0.4, -0.2) is 5.16 Å². The molecular formula is C9H10N2O2. The lowest BCUT2D eigenvalue weighted by atomic mass is 10.1. The first kappa shape index (κ1) is 7.91. The normalized spacial score (nSPS) is 10.5. The number of hydrogen-bond donors (Lipinski definition) is 1. The van der Waals surface area contributed by atoms with Crippen LogP contribution in [0.3, 0.4) is 0 Å². The molecule has 0 bridgehead atoms. The highest BCUT2D eigenvalue weighted by Gasteiger charge is 2.13. The zero-order valence-electron chi connectivity index (χ0n) is 7.28. The predicted molar refractivity (Wildman–Crippen MR) is 48.0 cm³/mol. The van der Waals surface area contributed by atoms with Crippen molar-refractivity contribution < 1.29 is 8.94 Å². The van der Waals surface area contributed by atoms with Crippen molar-refractivity contribution >= 4 is 5.88 Å². The standard InChI is InChI=1S/C9H10N2O2/c1-2-7-8(11-13-9(7)10)6-3-4-12-5-6/h3-5H,2,10H2,1H3. The Balaban J connectivity index is 2.52.